The van der Waals surface area contributed by atoms with E-state index in [1.807, 2.05) is 0 Å². The summed E-state index contributed by atoms with van der Waals surface area (Å²) in [6.07, 6.45) is 0.0686. The molecule has 0 radical (unpaired) electrons. The van der Waals surface area contributed by atoms with Gasteiger partial charge in [-0.25, -0.2) is 19.4 Å². The molecular formula is C17H31NO9S. The van der Waals surface area contributed by atoms with Crippen molar-refractivity contribution in [3.05, 3.63) is 0 Å². The van der Waals surface area contributed by atoms with Gasteiger partial charge in [0, 0.05) is 25.8 Å². The Kier molecular flexibility index (Phi) is 10.1. The Balaban J connectivity index is 5.15. The van der Waals surface area contributed by atoms with Gasteiger partial charge >= 0.3 is 11.9 Å². The van der Waals surface area contributed by atoms with Crippen LogP contribution in [0.4, 0.5) is 0 Å². The summed E-state index contributed by atoms with van der Waals surface area (Å²) in [5, 5.41) is 13.4. The van der Waals surface area contributed by atoms with Crippen molar-refractivity contribution in [2.24, 2.45) is 11.3 Å². The number of hydrogen-bond donors (Lipinski definition) is 2. The third-order valence-electron chi connectivity index (χ3n) is 3.94. The summed E-state index contributed by atoms with van der Waals surface area (Å²) in [5.74, 6) is -2.87. The predicted octanol–water partition coefficient (Wildman–Crippen LogP) is 0.684. The zero-order chi connectivity index (χ0) is 22.2. The molecular weight excluding hydrogens is 394 g/mol. The molecule has 0 aliphatic carbocycles. The second-order valence-corrected chi connectivity index (χ2v) is 9.41. The Bertz CT molecular complexity index is 658. The van der Waals surface area contributed by atoms with Crippen LogP contribution in [0, 0.1) is 11.3 Å². The molecule has 2 N–H and O–H groups in total. The fourth-order valence-electron chi connectivity index (χ4n) is 2.32. The van der Waals surface area contributed by atoms with E-state index in [0.29, 0.717) is 0 Å². The molecule has 0 aliphatic heterocycles. The van der Waals surface area contributed by atoms with E-state index < -0.39 is 39.7 Å². The van der Waals surface area contributed by atoms with Gasteiger partial charge in [-0.2, -0.15) is 8.42 Å². The standard InChI is InChI=1S/C17H31NO9S/c1-12(2)10-17(22,15(21)27-26-14(4)20)16(5,6)11-25-28(23,24)9-7-8-18-13(3)19/h12,22H,7-11H2,1-6H3,(H,18,19)/t17-/m0/s1. The normalized spacial score (nSPS) is 14.3. The van der Waals surface area contributed by atoms with E-state index in [1.54, 1.807) is 13.8 Å². The van der Waals surface area contributed by atoms with Crippen LogP contribution in [-0.2, 0) is 38.5 Å². The fraction of sp³-hybridized carbons (Fsp3) is 0.824. The van der Waals surface area contributed by atoms with Gasteiger partial charge in [-0.05, 0) is 18.8 Å². The Hall–Kier alpha value is -1.72. The van der Waals surface area contributed by atoms with Gasteiger partial charge in [0.1, 0.15) is 0 Å². The molecule has 1 atom stereocenters. The van der Waals surface area contributed by atoms with Crippen LogP contribution in [0.15, 0.2) is 0 Å². The van der Waals surface area contributed by atoms with Crippen LogP contribution >= 0.6 is 0 Å². The summed E-state index contributed by atoms with van der Waals surface area (Å²) in [6.45, 7) is 8.39. The molecule has 0 spiro atoms. The zero-order valence-electron chi connectivity index (χ0n) is 17.2. The number of amides is 1. The highest BCUT2D eigenvalue weighted by Crippen LogP contribution is 2.38. The van der Waals surface area contributed by atoms with Crippen LogP contribution in [0.1, 0.15) is 54.4 Å². The first-order chi connectivity index (χ1) is 12.6. The summed E-state index contributed by atoms with van der Waals surface area (Å²) in [6, 6.07) is 0. The molecule has 10 nitrogen and oxygen atoms in total. The molecule has 0 aromatic rings. The van der Waals surface area contributed by atoms with E-state index in [-0.39, 0.29) is 37.0 Å². The summed E-state index contributed by atoms with van der Waals surface area (Å²) < 4.78 is 29.1. The molecule has 0 saturated carbocycles. The van der Waals surface area contributed by atoms with Gasteiger partial charge < -0.3 is 10.4 Å². The van der Waals surface area contributed by atoms with Gasteiger partial charge in [0.25, 0.3) is 10.1 Å². The van der Waals surface area contributed by atoms with Crippen molar-refractivity contribution in [2.75, 3.05) is 18.9 Å². The predicted molar refractivity (Wildman–Crippen MR) is 99.1 cm³/mol. The molecule has 1 amide bonds. The number of rotatable bonds is 11. The molecule has 11 heteroatoms. The van der Waals surface area contributed by atoms with E-state index in [0.717, 1.165) is 6.92 Å². The van der Waals surface area contributed by atoms with Crippen LogP contribution in [0.2, 0.25) is 0 Å². The molecule has 0 unspecified atom stereocenters. The molecule has 0 aromatic heterocycles. The van der Waals surface area contributed by atoms with Crippen molar-refractivity contribution in [3.63, 3.8) is 0 Å². The summed E-state index contributed by atoms with van der Waals surface area (Å²) in [7, 11) is -3.95. The van der Waals surface area contributed by atoms with Crippen molar-refractivity contribution in [1.82, 2.24) is 5.32 Å². The number of aliphatic hydroxyl groups is 1. The lowest BCUT2D eigenvalue weighted by Crippen LogP contribution is -2.55. The maximum absolute atomic E-state index is 12.4. The monoisotopic (exact) mass is 425 g/mol. The van der Waals surface area contributed by atoms with Gasteiger partial charge in [-0.15, -0.1) is 0 Å². The van der Waals surface area contributed by atoms with Crippen molar-refractivity contribution < 1.29 is 41.9 Å². The molecule has 0 fully saturated rings. The van der Waals surface area contributed by atoms with Gasteiger partial charge in [-0.3, -0.25) is 8.98 Å². The average molecular weight is 426 g/mol. The number of nitrogens with one attached hydrogen (secondary N) is 1. The number of carbonyl (C=O) groups is 3. The Labute approximate surface area is 166 Å². The van der Waals surface area contributed by atoms with Crippen LogP contribution < -0.4 is 5.32 Å². The minimum absolute atomic E-state index is 0.0773. The first-order valence-electron chi connectivity index (χ1n) is 8.86. The number of carbonyl (C=O) groups excluding carboxylic acids is 3. The smallest absolute Gasteiger partial charge is 0.377 e. The van der Waals surface area contributed by atoms with E-state index in [9.17, 15) is 27.9 Å². The topological polar surface area (TPSA) is 145 Å². The van der Waals surface area contributed by atoms with Crippen LogP contribution in [0.25, 0.3) is 0 Å². The average Bonchev–Trinajstić information content (AvgIpc) is 2.54. The van der Waals surface area contributed by atoms with Crippen LogP contribution in [0.3, 0.4) is 0 Å². The molecule has 0 aromatic carbocycles. The largest absolute Gasteiger partial charge is 0.387 e. The van der Waals surface area contributed by atoms with Crippen LogP contribution in [0.5, 0.6) is 0 Å². The molecule has 0 heterocycles. The second-order valence-electron chi connectivity index (χ2n) is 7.65. The van der Waals surface area contributed by atoms with Crippen molar-refractivity contribution in [3.8, 4) is 0 Å². The highest BCUT2D eigenvalue weighted by molar-refractivity contribution is 7.86. The van der Waals surface area contributed by atoms with E-state index in [4.69, 9.17) is 4.18 Å². The van der Waals surface area contributed by atoms with Crippen molar-refractivity contribution in [1.29, 1.82) is 0 Å². The Morgan fingerprint density at radius 2 is 1.68 bits per heavy atom. The zero-order valence-corrected chi connectivity index (χ0v) is 18.1. The molecule has 0 bridgehead atoms. The lowest BCUT2D eigenvalue weighted by Gasteiger charge is -2.40. The third kappa shape index (κ3) is 8.98. The molecule has 0 saturated heterocycles. The van der Waals surface area contributed by atoms with Crippen molar-refractivity contribution in [2.45, 2.75) is 60.0 Å². The molecule has 28 heavy (non-hydrogen) atoms. The summed E-state index contributed by atoms with van der Waals surface area (Å²) in [4.78, 5) is 42.6. The molecule has 0 aliphatic rings. The number of hydrogen-bond acceptors (Lipinski definition) is 9. The lowest BCUT2D eigenvalue weighted by atomic mass is 9.71. The van der Waals surface area contributed by atoms with E-state index in [2.05, 4.69) is 15.1 Å². The second kappa shape index (κ2) is 10.7. The summed E-state index contributed by atoms with van der Waals surface area (Å²) in [5.41, 5.74) is -3.55. The lowest BCUT2D eigenvalue weighted by molar-refractivity contribution is -0.277. The third-order valence-corrected chi connectivity index (χ3v) is 5.21. The maximum atomic E-state index is 12.4. The Morgan fingerprint density at radius 1 is 1.11 bits per heavy atom. The van der Waals surface area contributed by atoms with Crippen molar-refractivity contribution >= 4 is 28.0 Å². The molecule has 164 valence electrons. The highest BCUT2D eigenvalue weighted by atomic mass is 32.2. The maximum Gasteiger partial charge on any atom is 0.387 e. The van der Waals surface area contributed by atoms with Gasteiger partial charge in [0.2, 0.25) is 5.91 Å². The van der Waals surface area contributed by atoms with E-state index in [1.165, 1.54) is 20.8 Å². The van der Waals surface area contributed by atoms with Gasteiger partial charge in [-0.1, -0.05) is 27.7 Å². The minimum Gasteiger partial charge on any atom is -0.377 e. The van der Waals surface area contributed by atoms with Gasteiger partial charge in [0.05, 0.1) is 12.4 Å². The Morgan fingerprint density at radius 3 is 2.14 bits per heavy atom. The first-order valence-corrected chi connectivity index (χ1v) is 10.4. The summed E-state index contributed by atoms with van der Waals surface area (Å²) >= 11 is 0. The minimum atomic E-state index is -3.95. The first kappa shape index (κ1) is 26.3. The quantitative estimate of drug-likeness (QED) is 0.211. The van der Waals surface area contributed by atoms with Crippen LogP contribution in [-0.4, -0.2) is 55.9 Å². The highest BCUT2D eigenvalue weighted by Gasteiger charge is 2.53. The molecule has 0 rings (SSSR count). The van der Waals surface area contributed by atoms with E-state index >= 15 is 0 Å². The SMILES string of the molecule is CC(=O)NCCCS(=O)(=O)OCC(C)(C)[C@](O)(CC(C)C)C(=O)OOC(C)=O. The fourth-order valence-corrected chi connectivity index (χ4v) is 3.41. The van der Waals surface area contributed by atoms with Gasteiger partial charge in [0.15, 0.2) is 5.60 Å².